The molecule has 0 spiro atoms. The molecule has 0 radical (unpaired) electrons. The number of rotatable bonds is 5. The van der Waals surface area contributed by atoms with Crippen LogP contribution >= 0.6 is 0 Å². The summed E-state index contributed by atoms with van der Waals surface area (Å²) in [5, 5.41) is 14.7. The fraction of sp³-hybridized carbons (Fsp3) is 0.583. The minimum absolute atomic E-state index is 0.132. The standard InChI is InChI=1S/C12H18F3N3O/c1-7(4-8(2)19)17-11-6-9(12(13,14)15)5-10(16-3)18-11/h5-8,19H,4H2,1-3H3,(H2,16,17,18). The topological polar surface area (TPSA) is 57.2 Å². The van der Waals surface area contributed by atoms with Crippen LogP contribution in [0.1, 0.15) is 25.8 Å². The highest BCUT2D eigenvalue weighted by Crippen LogP contribution is 2.32. The van der Waals surface area contributed by atoms with Crippen molar-refractivity contribution >= 4 is 11.6 Å². The first-order valence-electron chi connectivity index (χ1n) is 5.94. The molecule has 1 rings (SSSR count). The third kappa shape index (κ3) is 4.94. The fourth-order valence-electron chi connectivity index (χ4n) is 1.72. The summed E-state index contributed by atoms with van der Waals surface area (Å²) in [5.41, 5.74) is -0.765. The first-order valence-corrected chi connectivity index (χ1v) is 5.94. The highest BCUT2D eigenvalue weighted by atomic mass is 19.4. The summed E-state index contributed by atoms with van der Waals surface area (Å²) >= 11 is 0. The van der Waals surface area contributed by atoms with Crippen molar-refractivity contribution in [2.75, 3.05) is 17.7 Å². The van der Waals surface area contributed by atoms with Gasteiger partial charge >= 0.3 is 6.18 Å². The average Bonchev–Trinajstić information content (AvgIpc) is 2.25. The normalized spacial score (nSPS) is 14.9. The van der Waals surface area contributed by atoms with Crippen LogP contribution in [0, 0.1) is 0 Å². The Hall–Kier alpha value is -1.50. The van der Waals surface area contributed by atoms with Gasteiger partial charge in [0.05, 0.1) is 11.7 Å². The molecule has 0 fully saturated rings. The van der Waals surface area contributed by atoms with Crippen molar-refractivity contribution in [1.82, 2.24) is 4.98 Å². The summed E-state index contributed by atoms with van der Waals surface area (Å²) in [5.74, 6) is 0.272. The Morgan fingerprint density at radius 3 is 2.32 bits per heavy atom. The molecule has 0 aliphatic rings. The third-order valence-electron chi connectivity index (χ3n) is 2.50. The molecule has 0 saturated carbocycles. The summed E-state index contributed by atoms with van der Waals surface area (Å²) in [6.45, 7) is 3.39. The minimum Gasteiger partial charge on any atom is -0.393 e. The van der Waals surface area contributed by atoms with E-state index in [9.17, 15) is 18.3 Å². The van der Waals surface area contributed by atoms with Crippen LogP contribution in [0.15, 0.2) is 12.1 Å². The molecule has 19 heavy (non-hydrogen) atoms. The maximum Gasteiger partial charge on any atom is 0.416 e. The van der Waals surface area contributed by atoms with Crippen molar-refractivity contribution in [2.45, 2.75) is 38.6 Å². The highest BCUT2D eigenvalue weighted by molar-refractivity contribution is 5.49. The predicted molar refractivity (Wildman–Crippen MR) is 68.2 cm³/mol. The molecule has 4 nitrogen and oxygen atoms in total. The SMILES string of the molecule is CNc1cc(C(F)(F)F)cc(NC(C)CC(C)O)n1. The molecule has 0 aromatic carbocycles. The Morgan fingerprint density at radius 2 is 1.84 bits per heavy atom. The number of hydrogen-bond acceptors (Lipinski definition) is 4. The summed E-state index contributed by atoms with van der Waals surface area (Å²) in [4.78, 5) is 4.01. The van der Waals surface area contributed by atoms with E-state index in [1.54, 1.807) is 13.8 Å². The summed E-state index contributed by atoms with van der Waals surface area (Å²) < 4.78 is 38.1. The number of halogens is 3. The third-order valence-corrected chi connectivity index (χ3v) is 2.50. The second-order valence-electron chi connectivity index (χ2n) is 4.50. The number of anilines is 2. The minimum atomic E-state index is -4.42. The van der Waals surface area contributed by atoms with Crippen LogP contribution in [0.4, 0.5) is 24.8 Å². The monoisotopic (exact) mass is 277 g/mol. The maximum absolute atomic E-state index is 12.7. The van der Waals surface area contributed by atoms with Gasteiger partial charge in [-0.15, -0.1) is 0 Å². The molecular formula is C12H18F3N3O. The quantitative estimate of drug-likeness (QED) is 0.774. The highest BCUT2D eigenvalue weighted by Gasteiger charge is 2.31. The summed E-state index contributed by atoms with van der Waals surface area (Å²) in [6.07, 6.45) is -4.53. The van der Waals surface area contributed by atoms with Crippen molar-refractivity contribution in [1.29, 1.82) is 0 Å². The zero-order valence-corrected chi connectivity index (χ0v) is 11.0. The molecule has 0 saturated heterocycles. The van der Waals surface area contributed by atoms with Crippen LogP contribution in [0.25, 0.3) is 0 Å². The van der Waals surface area contributed by atoms with Gasteiger partial charge in [0.1, 0.15) is 11.6 Å². The van der Waals surface area contributed by atoms with Gasteiger partial charge in [-0.05, 0) is 32.4 Å². The van der Waals surface area contributed by atoms with Crippen LogP contribution in [0.5, 0.6) is 0 Å². The molecule has 0 aliphatic heterocycles. The van der Waals surface area contributed by atoms with E-state index in [-0.39, 0.29) is 17.7 Å². The van der Waals surface area contributed by atoms with E-state index in [1.165, 1.54) is 7.05 Å². The summed E-state index contributed by atoms with van der Waals surface area (Å²) in [6, 6.07) is 1.73. The zero-order chi connectivity index (χ0) is 14.6. The van der Waals surface area contributed by atoms with E-state index in [4.69, 9.17) is 0 Å². The van der Waals surface area contributed by atoms with Crippen molar-refractivity contribution in [2.24, 2.45) is 0 Å². The van der Waals surface area contributed by atoms with Crippen LogP contribution in [-0.2, 0) is 6.18 Å². The van der Waals surface area contributed by atoms with E-state index in [0.717, 1.165) is 12.1 Å². The molecule has 0 bridgehead atoms. The number of aliphatic hydroxyl groups excluding tert-OH is 1. The molecule has 0 amide bonds. The number of aliphatic hydroxyl groups is 1. The van der Waals surface area contributed by atoms with E-state index in [1.807, 2.05) is 0 Å². The number of hydrogen-bond donors (Lipinski definition) is 3. The van der Waals surface area contributed by atoms with E-state index >= 15 is 0 Å². The first kappa shape index (κ1) is 15.6. The molecule has 1 heterocycles. The molecule has 7 heteroatoms. The smallest absolute Gasteiger partial charge is 0.393 e. The molecule has 1 aromatic heterocycles. The van der Waals surface area contributed by atoms with Gasteiger partial charge < -0.3 is 15.7 Å². The van der Waals surface area contributed by atoms with Gasteiger partial charge in [0.25, 0.3) is 0 Å². The zero-order valence-electron chi connectivity index (χ0n) is 11.0. The molecule has 3 N–H and O–H groups in total. The Bertz CT molecular complexity index is 421. The number of aromatic nitrogens is 1. The van der Waals surface area contributed by atoms with Crippen molar-refractivity contribution < 1.29 is 18.3 Å². The Morgan fingerprint density at radius 1 is 1.26 bits per heavy atom. The van der Waals surface area contributed by atoms with Gasteiger partial charge in [-0.25, -0.2) is 4.98 Å². The van der Waals surface area contributed by atoms with Gasteiger partial charge in [0.15, 0.2) is 0 Å². The van der Waals surface area contributed by atoms with Gasteiger partial charge in [-0.2, -0.15) is 13.2 Å². The number of pyridine rings is 1. The molecular weight excluding hydrogens is 259 g/mol. The van der Waals surface area contributed by atoms with Crippen molar-refractivity contribution in [3.05, 3.63) is 17.7 Å². The molecule has 2 unspecified atom stereocenters. The van der Waals surface area contributed by atoms with Crippen LogP contribution < -0.4 is 10.6 Å². The van der Waals surface area contributed by atoms with E-state index in [0.29, 0.717) is 6.42 Å². The number of nitrogens with one attached hydrogen (secondary N) is 2. The van der Waals surface area contributed by atoms with Gasteiger partial charge in [0.2, 0.25) is 0 Å². The molecule has 0 aliphatic carbocycles. The largest absolute Gasteiger partial charge is 0.416 e. The van der Waals surface area contributed by atoms with Gasteiger partial charge in [-0.1, -0.05) is 0 Å². The van der Waals surface area contributed by atoms with Crippen LogP contribution in [0.3, 0.4) is 0 Å². The molecule has 108 valence electrons. The predicted octanol–water partition coefficient (Wildman–Crippen LogP) is 2.71. The lowest BCUT2D eigenvalue weighted by molar-refractivity contribution is -0.137. The van der Waals surface area contributed by atoms with Crippen molar-refractivity contribution in [3.63, 3.8) is 0 Å². The lowest BCUT2D eigenvalue weighted by Gasteiger charge is -2.18. The van der Waals surface area contributed by atoms with E-state index < -0.39 is 17.8 Å². The lowest BCUT2D eigenvalue weighted by atomic mass is 10.1. The average molecular weight is 277 g/mol. The fourth-order valence-corrected chi connectivity index (χ4v) is 1.72. The van der Waals surface area contributed by atoms with Gasteiger partial charge in [-0.3, -0.25) is 0 Å². The van der Waals surface area contributed by atoms with Crippen LogP contribution in [0.2, 0.25) is 0 Å². The second kappa shape index (κ2) is 6.10. The number of nitrogens with zero attached hydrogens (tertiary/aromatic N) is 1. The van der Waals surface area contributed by atoms with E-state index in [2.05, 4.69) is 15.6 Å². The Labute approximate surface area is 110 Å². The first-order chi connectivity index (χ1) is 8.72. The maximum atomic E-state index is 12.7. The molecule has 2 atom stereocenters. The van der Waals surface area contributed by atoms with Crippen LogP contribution in [-0.4, -0.2) is 29.3 Å². The lowest BCUT2D eigenvalue weighted by Crippen LogP contribution is -2.22. The second-order valence-corrected chi connectivity index (χ2v) is 4.50. The Kier molecular flexibility index (Phi) is 4.99. The number of alkyl halides is 3. The summed E-state index contributed by atoms with van der Waals surface area (Å²) in [7, 11) is 1.51. The molecule has 1 aromatic rings. The van der Waals surface area contributed by atoms with Crippen molar-refractivity contribution in [3.8, 4) is 0 Å². The Balaban J connectivity index is 2.94. The van der Waals surface area contributed by atoms with Gasteiger partial charge in [0, 0.05) is 13.1 Å².